The Morgan fingerprint density at radius 1 is 1.16 bits per heavy atom. The fourth-order valence-electron chi connectivity index (χ4n) is 3.75. The molecule has 0 saturated carbocycles. The first-order valence-electron chi connectivity index (χ1n) is 9.82. The number of esters is 1. The molecule has 164 valence electrons. The predicted octanol–water partition coefficient (Wildman–Crippen LogP) is 4.70. The Labute approximate surface area is 192 Å². The number of benzene rings is 1. The number of aromatic amines is 1. The van der Waals surface area contributed by atoms with E-state index in [-0.39, 0.29) is 16.2 Å². The molecule has 0 saturated heterocycles. The maximum atomic E-state index is 12.8. The predicted molar refractivity (Wildman–Crippen MR) is 125 cm³/mol. The van der Waals surface area contributed by atoms with Crippen LogP contribution in [0.5, 0.6) is 0 Å². The number of fused-ring (bicyclic) bond motifs is 1. The summed E-state index contributed by atoms with van der Waals surface area (Å²) in [5, 5.41) is 0.994. The number of rotatable bonds is 5. The minimum absolute atomic E-state index is 0.267. The second-order valence-corrected chi connectivity index (χ2v) is 8.92. The minimum atomic E-state index is -0.651. The summed E-state index contributed by atoms with van der Waals surface area (Å²) in [4.78, 5) is 45.3. The molecule has 32 heavy (non-hydrogen) atoms. The van der Waals surface area contributed by atoms with Gasteiger partial charge < -0.3 is 14.3 Å². The van der Waals surface area contributed by atoms with E-state index in [2.05, 4.69) is 9.97 Å². The van der Waals surface area contributed by atoms with E-state index in [9.17, 15) is 14.4 Å². The van der Waals surface area contributed by atoms with Gasteiger partial charge >= 0.3 is 5.97 Å². The summed E-state index contributed by atoms with van der Waals surface area (Å²) in [6.07, 6.45) is 0. The molecule has 9 heteroatoms. The van der Waals surface area contributed by atoms with Gasteiger partial charge in [0.25, 0.3) is 5.56 Å². The van der Waals surface area contributed by atoms with Crippen LogP contribution in [0.1, 0.15) is 42.8 Å². The second kappa shape index (κ2) is 8.37. The van der Waals surface area contributed by atoms with E-state index in [1.165, 1.54) is 0 Å². The van der Waals surface area contributed by atoms with Crippen LogP contribution in [0, 0.1) is 27.7 Å². The van der Waals surface area contributed by atoms with Crippen molar-refractivity contribution in [2.24, 2.45) is 0 Å². The highest BCUT2D eigenvalue weighted by Crippen LogP contribution is 2.28. The van der Waals surface area contributed by atoms with E-state index in [0.717, 1.165) is 28.4 Å². The number of aromatic nitrogens is 3. The maximum absolute atomic E-state index is 12.8. The lowest BCUT2D eigenvalue weighted by Crippen LogP contribution is -2.15. The zero-order valence-electron chi connectivity index (χ0n) is 17.9. The van der Waals surface area contributed by atoms with E-state index >= 15 is 0 Å². The molecule has 1 N–H and O–H groups in total. The molecule has 0 aliphatic rings. The van der Waals surface area contributed by atoms with Gasteiger partial charge in [-0.1, -0.05) is 11.6 Å². The Balaban J connectivity index is 1.55. The number of Topliss-reactive ketones (excluding diaryl/α,β-unsaturated/α-hetero) is 1. The van der Waals surface area contributed by atoms with Crippen molar-refractivity contribution in [1.29, 1.82) is 0 Å². The molecule has 4 rings (SSSR count). The summed E-state index contributed by atoms with van der Waals surface area (Å²) < 4.78 is 7.25. The first-order chi connectivity index (χ1) is 15.2. The minimum Gasteiger partial charge on any atom is -0.453 e. The van der Waals surface area contributed by atoms with Crippen LogP contribution in [0.2, 0.25) is 5.02 Å². The second-order valence-electron chi connectivity index (χ2n) is 7.48. The normalized spacial score (nSPS) is 11.2. The SMILES string of the molecule is Cc1nc2sc(C(=O)OCC(=O)c3cc(C)n(-c4ccc(Cl)cc4)c3C)c(C)c2c(=O)[nH]1. The number of thiophene rings is 1. The Morgan fingerprint density at radius 2 is 1.84 bits per heavy atom. The van der Waals surface area contributed by atoms with Crippen molar-refractivity contribution in [3.63, 3.8) is 0 Å². The number of nitrogens with zero attached hydrogens (tertiary/aromatic N) is 2. The monoisotopic (exact) mass is 469 g/mol. The number of H-pyrrole nitrogens is 1. The van der Waals surface area contributed by atoms with Gasteiger partial charge in [-0.05, 0) is 63.6 Å². The van der Waals surface area contributed by atoms with Crippen molar-refractivity contribution in [1.82, 2.24) is 14.5 Å². The van der Waals surface area contributed by atoms with Crippen LogP contribution in [-0.2, 0) is 4.74 Å². The van der Waals surface area contributed by atoms with Crippen molar-refractivity contribution < 1.29 is 14.3 Å². The average Bonchev–Trinajstić information content (AvgIpc) is 3.22. The summed E-state index contributed by atoms with van der Waals surface area (Å²) in [6.45, 7) is 6.68. The summed E-state index contributed by atoms with van der Waals surface area (Å²) in [5.41, 5.74) is 3.18. The van der Waals surface area contributed by atoms with Gasteiger partial charge in [-0.25, -0.2) is 9.78 Å². The number of carbonyl (C=O) groups is 2. The number of ether oxygens (including phenoxy) is 1. The molecule has 0 atom stereocenters. The smallest absolute Gasteiger partial charge is 0.349 e. The Bertz CT molecular complexity index is 1430. The summed E-state index contributed by atoms with van der Waals surface area (Å²) in [6, 6.07) is 9.09. The average molecular weight is 470 g/mol. The number of hydrogen-bond donors (Lipinski definition) is 1. The number of hydrogen-bond acceptors (Lipinski definition) is 6. The summed E-state index contributed by atoms with van der Waals surface area (Å²) in [7, 11) is 0. The highest BCUT2D eigenvalue weighted by Gasteiger charge is 2.22. The molecule has 3 heterocycles. The molecule has 0 unspecified atom stereocenters. The van der Waals surface area contributed by atoms with E-state index < -0.39 is 12.6 Å². The zero-order valence-corrected chi connectivity index (χ0v) is 19.5. The number of aryl methyl sites for hydroxylation is 3. The van der Waals surface area contributed by atoms with Crippen LogP contribution < -0.4 is 5.56 Å². The molecule has 1 aromatic carbocycles. The number of nitrogens with one attached hydrogen (secondary N) is 1. The van der Waals surface area contributed by atoms with Crippen molar-refractivity contribution in [3.8, 4) is 5.69 Å². The maximum Gasteiger partial charge on any atom is 0.349 e. The standard InChI is InChI=1S/C23H20ClN3O4S/c1-11-9-17(13(3)27(11)16-7-5-15(24)6-8-16)18(28)10-31-23(30)20-12(2)19-21(29)25-14(4)26-22(19)32-20/h5-9H,10H2,1-4H3,(H,25,26,29). The highest BCUT2D eigenvalue weighted by atomic mass is 35.5. The third-order valence-electron chi connectivity index (χ3n) is 5.26. The lowest BCUT2D eigenvalue weighted by atomic mass is 10.1. The molecule has 0 aliphatic heterocycles. The van der Waals surface area contributed by atoms with Gasteiger partial charge in [0.15, 0.2) is 6.61 Å². The quantitative estimate of drug-likeness (QED) is 0.337. The highest BCUT2D eigenvalue weighted by molar-refractivity contribution is 7.20. The van der Waals surface area contributed by atoms with Gasteiger partial charge in [0.1, 0.15) is 15.5 Å². The van der Waals surface area contributed by atoms with Crippen LogP contribution in [0.15, 0.2) is 35.1 Å². The van der Waals surface area contributed by atoms with Crippen LogP contribution in [0.3, 0.4) is 0 Å². The third kappa shape index (κ3) is 3.87. The number of halogens is 1. The van der Waals surface area contributed by atoms with E-state index in [4.69, 9.17) is 16.3 Å². The lowest BCUT2D eigenvalue weighted by Gasteiger charge is -2.10. The fraction of sp³-hybridized carbons (Fsp3) is 0.217. The number of ketones is 1. The Hall–Kier alpha value is -3.23. The van der Waals surface area contributed by atoms with Crippen molar-refractivity contribution in [2.45, 2.75) is 27.7 Å². The topological polar surface area (TPSA) is 94.0 Å². The number of carbonyl (C=O) groups excluding carboxylic acids is 2. The van der Waals surface area contributed by atoms with E-state index in [1.54, 1.807) is 32.0 Å². The molecule has 4 aromatic rings. The molecule has 0 radical (unpaired) electrons. The lowest BCUT2D eigenvalue weighted by molar-refractivity contribution is 0.0479. The van der Waals surface area contributed by atoms with Crippen LogP contribution in [-0.4, -0.2) is 32.9 Å². The van der Waals surface area contributed by atoms with Gasteiger partial charge in [0.05, 0.1) is 5.39 Å². The summed E-state index contributed by atoms with van der Waals surface area (Å²) in [5.74, 6) is -0.491. The molecule has 7 nitrogen and oxygen atoms in total. The van der Waals surface area contributed by atoms with Gasteiger partial charge in [-0.2, -0.15) is 0 Å². The van der Waals surface area contributed by atoms with Crippen LogP contribution in [0.4, 0.5) is 0 Å². The van der Waals surface area contributed by atoms with Crippen molar-refractivity contribution in [3.05, 3.63) is 78.9 Å². The molecule has 0 spiro atoms. The van der Waals surface area contributed by atoms with Gasteiger partial charge in [-0.3, -0.25) is 9.59 Å². The van der Waals surface area contributed by atoms with Gasteiger partial charge in [-0.15, -0.1) is 11.3 Å². The molecule has 3 aromatic heterocycles. The van der Waals surface area contributed by atoms with Crippen LogP contribution >= 0.6 is 22.9 Å². The molecule has 0 aliphatic carbocycles. The van der Waals surface area contributed by atoms with Crippen molar-refractivity contribution >= 4 is 44.9 Å². The zero-order chi connectivity index (χ0) is 23.2. The Kier molecular flexibility index (Phi) is 5.75. The fourth-order valence-corrected chi connectivity index (χ4v) is 5.00. The third-order valence-corrected chi connectivity index (χ3v) is 6.67. The Morgan fingerprint density at radius 3 is 2.53 bits per heavy atom. The van der Waals surface area contributed by atoms with Gasteiger partial charge in [0.2, 0.25) is 5.78 Å². The first kappa shape index (κ1) is 22.0. The van der Waals surface area contributed by atoms with E-state index in [1.807, 2.05) is 30.5 Å². The summed E-state index contributed by atoms with van der Waals surface area (Å²) >= 11 is 7.06. The first-order valence-corrected chi connectivity index (χ1v) is 11.0. The molecular formula is C23H20ClN3O4S. The molecular weight excluding hydrogens is 450 g/mol. The van der Waals surface area contributed by atoms with Crippen LogP contribution in [0.25, 0.3) is 15.9 Å². The molecule has 0 amide bonds. The van der Waals surface area contributed by atoms with Gasteiger partial charge in [0, 0.05) is 27.7 Å². The molecule has 0 bridgehead atoms. The molecule has 0 fully saturated rings. The van der Waals surface area contributed by atoms with E-state index in [0.29, 0.717) is 32.2 Å². The van der Waals surface area contributed by atoms with Crippen molar-refractivity contribution in [2.75, 3.05) is 6.61 Å². The largest absolute Gasteiger partial charge is 0.453 e.